The van der Waals surface area contributed by atoms with Crippen LogP contribution in [-0.2, 0) is 6.54 Å². The number of rotatable bonds is 3. The number of piperazine rings is 1. The zero-order valence-electron chi connectivity index (χ0n) is 11.0. The van der Waals surface area contributed by atoms with Gasteiger partial charge in [0.2, 0.25) is 11.7 Å². The largest absolute Gasteiger partial charge is 0.338 e. The molecule has 5 nitrogen and oxygen atoms in total. The van der Waals surface area contributed by atoms with E-state index in [9.17, 15) is 0 Å². The third-order valence-corrected chi connectivity index (χ3v) is 3.31. The Morgan fingerprint density at radius 2 is 2.21 bits per heavy atom. The smallest absolute Gasteiger partial charge is 0.241 e. The molecule has 1 aliphatic rings. The Morgan fingerprint density at radius 1 is 1.37 bits per heavy atom. The molecule has 1 saturated heterocycles. The summed E-state index contributed by atoms with van der Waals surface area (Å²) >= 11 is 0. The highest BCUT2D eigenvalue weighted by atomic mass is 16.5. The van der Waals surface area contributed by atoms with Gasteiger partial charge >= 0.3 is 0 Å². The van der Waals surface area contributed by atoms with Crippen LogP contribution < -0.4 is 5.32 Å². The maximum atomic E-state index is 5.33. The average molecular weight is 258 g/mol. The van der Waals surface area contributed by atoms with Crippen molar-refractivity contribution in [2.75, 3.05) is 19.6 Å². The van der Waals surface area contributed by atoms with Gasteiger partial charge in [-0.25, -0.2) is 0 Å². The molecule has 0 aliphatic carbocycles. The van der Waals surface area contributed by atoms with E-state index < -0.39 is 0 Å². The highest BCUT2D eigenvalue weighted by Crippen LogP contribution is 2.15. The van der Waals surface area contributed by atoms with Crippen LogP contribution in [0.3, 0.4) is 0 Å². The number of aromatic nitrogens is 2. The summed E-state index contributed by atoms with van der Waals surface area (Å²) in [7, 11) is 0. The molecule has 0 amide bonds. The molecule has 1 fully saturated rings. The summed E-state index contributed by atoms with van der Waals surface area (Å²) < 4.78 is 5.33. The standard InChI is InChI=1S/C14H18N4O/c1-11-9-18(8-7-15-11)10-13-16-14(17-19-13)12-5-3-2-4-6-12/h2-6,11,15H,7-10H2,1H3/t11-/m0/s1. The lowest BCUT2D eigenvalue weighted by atomic mass is 10.2. The number of benzene rings is 1. The molecule has 3 rings (SSSR count). The molecule has 1 atom stereocenters. The highest BCUT2D eigenvalue weighted by Gasteiger charge is 2.18. The Kier molecular flexibility index (Phi) is 3.57. The molecule has 0 saturated carbocycles. The lowest BCUT2D eigenvalue weighted by Crippen LogP contribution is -2.48. The minimum Gasteiger partial charge on any atom is -0.338 e. The molecule has 2 heterocycles. The molecule has 0 unspecified atom stereocenters. The minimum atomic E-state index is 0.519. The summed E-state index contributed by atoms with van der Waals surface area (Å²) in [6, 6.07) is 10.4. The molecule has 19 heavy (non-hydrogen) atoms. The molecule has 5 heteroatoms. The van der Waals surface area contributed by atoms with Crippen molar-refractivity contribution < 1.29 is 4.52 Å². The van der Waals surface area contributed by atoms with Crippen LogP contribution in [0.15, 0.2) is 34.9 Å². The van der Waals surface area contributed by atoms with Crippen LogP contribution in [0.25, 0.3) is 11.4 Å². The van der Waals surface area contributed by atoms with Gasteiger partial charge in [0, 0.05) is 31.2 Å². The summed E-state index contributed by atoms with van der Waals surface area (Å²) in [5.74, 6) is 1.35. The number of hydrogen-bond acceptors (Lipinski definition) is 5. The fraction of sp³-hybridized carbons (Fsp3) is 0.429. The lowest BCUT2D eigenvalue weighted by Gasteiger charge is -2.30. The van der Waals surface area contributed by atoms with Crippen LogP contribution in [0, 0.1) is 0 Å². The van der Waals surface area contributed by atoms with Crippen LogP contribution in [-0.4, -0.2) is 40.7 Å². The van der Waals surface area contributed by atoms with Crippen molar-refractivity contribution in [1.82, 2.24) is 20.4 Å². The third-order valence-electron chi connectivity index (χ3n) is 3.31. The molecule has 100 valence electrons. The molecule has 2 aromatic rings. The van der Waals surface area contributed by atoms with Crippen molar-refractivity contribution in [1.29, 1.82) is 0 Å². The van der Waals surface area contributed by atoms with Gasteiger partial charge in [-0.1, -0.05) is 35.5 Å². The first-order valence-corrected chi connectivity index (χ1v) is 6.65. The van der Waals surface area contributed by atoms with Gasteiger partial charge in [0.05, 0.1) is 6.54 Å². The minimum absolute atomic E-state index is 0.519. The van der Waals surface area contributed by atoms with Gasteiger partial charge in [-0.05, 0) is 6.92 Å². The molecule has 1 aromatic carbocycles. The molecule has 1 aliphatic heterocycles. The van der Waals surface area contributed by atoms with Crippen molar-refractivity contribution in [3.8, 4) is 11.4 Å². The van der Waals surface area contributed by atoms with E-state index >= 15 is 0 Å². The van der Waals surface area contributed by atoms with Crippen molar-refractivity contribution in [3.63, 3.8) is 0 Å². The molecule has 0 spiro atoms. The molecule has 1 N–H and O–H groups in total. The fourth-order valence-corrected chi connectivity index (χ4v) is 2.37. The Morgan fingerprint density at radius 3 is 3.00 bits per heavy atom. The Hall–Kier alpha value is -1.72. The van der Waals surface area contributed by atoms with E-state index in [1.165, 1.54) is 0 Å². The van der Waals surface area contributed by atoms with Gasteiger partial charge in [-0.3, -0.25) is 4.90 Å². The van der Waals surface area contributed by atoms with Crippen LogP contribution in [0.4, 0.5) is 0 Å². The summed E-state index contributed by atoms with van der Waals surface area (Å²) in [6.45, 7) is 5.97. The Labute approximate surface area is 112 Å². The molecule has 1 aromatic heterocycles. The second kappa shape index (κ2) is 5.50. The van der Waals surface area contributed by atoms with Crippen molar-refractivity contribution in [3.05, 3.63) is 36.2 Å². The molecule has 0 bridgehead atoms. The molecule has 0 radical (unpaired) electrons. The van der Waals surface area contributed by atoms with E-state index in [0.29, 0.717) is 17.8 Å². The van der Waals surface area contributed by atoms with E-state index in [4.69, 9.17) is 4.52 Å². The first-order chi connectivity index (χ1) is 9.31. The molecular weight excluding hydrogens is 240 g/mol. The summed E-state index contributed by atoms with van der Waals surface area (Å²) in [6.07, 6.45) is 0. The van der Waals surface area contributed by atoms with Crippen molar-refractivity contribution in [2.45, 2.75) is 19.5 Å². The van der Waals surface area contributed by atoms with Crippen LogP contribution in [0.1, 0.15) is 12.8 Å². The van der Waals surface area contributed by atoms with Crippen LogP contribution in [0.5, 0.6) is 0 Å². The summed E-state index contributed by atoms with van der Waals surface area (Å²) in [5, 5.41) is 7.46. The van der Waals surface area contributed by atoms with Crippen LogP contribution in [0.2, 0.25) is 0 Å². The summed E-state index contributed by atoms with van der Waals surface area (Å²) in [4.78, 5) is 6.80. The van der Waals surface area contributed by atoms with Crippen LogP contribution >= 0.6 is 0 Å². The quantitative estimate of drug-likeness (QED) is 0.905. The maximum Gasteiger partial charge on any atom is 0.241 e. The first kappa shape index (κ1) is 12.3. The zero-order chi connectivity index (χ0) is 13.1. The van der Waals surface area contributed by atoms with Gasteiger partial charge < -0.3 is 9.84 Å². The zero-order valence-corrected chi connectivity index (χ0v) is 11.0. The molecular formula is C14H18N4O. The van der Waals surface area contributed by atoms with Gasteiger partial charge in [0.25, 0.3) is 0 Å². The average Bonchev–Trinajstić information content (AvgIpc) is 2.88. The first-order valence-electron chi connectivity index (χ1n) is 6.65. The third kappa shape index (κ3) is 3.00. The van der Waals surface area contributed by atoms with E-state index in [1.54, 1.807) is 0 Å². The van der Waals surface area contributed by atoms with Gasteiger partial charge in [-0.15, -0.1) is 0 Å². The topological polar surface area (TPSA) is 54.2 Å². The fourth-order valence-electron chi connectivity index (χ4n) is 2.37. The van der Waals surface area contributed by atoms with Crippen molar-refractivity contribution >= 4 is 0 Å². The van der Waals surface area contributed by atoms with Gasteiger partial charge in [0.15, 0.2) is 0 Å². The van der Waals surface area contributed by atoms with E-state index in [1.807, 2.05) is 30.3 Å². The predicted octanol–water partition coefficient (Wildman–Crippen LogP) is 1.53. The maximum absolute atomic E-state index is 5.33. The SMILES string of the molecule is C[C@H]1CN(Cc2nc(-c3ccccc3)no2)CCN1. The van der Waals surface area contributed by atoms with E-state index in [-0.39, 0.29) is 0 Å². The monoisotopic (exact) mass is 258 g/mol. The predicted molar refractivity (Wildman–Crippen MR) is 72.5 cm³/mol. The lowest BCUT2D eigenvalue weighted by molar-refractivity contribution is 0.177. The van der Waals surface area contributed by atoms with E-state index in [2.05, 4.69) is 27.3 Å². The highest BCUT2D eigenvalue weighted by molar-refractivity contribution is 5.53. The number of nitrogens with zero attached hydrogens (tertiary/aromatic N) is 3. The van der Waals surface area contributed by atoms with Gasteiger partial charge in [-0.2, -0.15) is 4.98 Å². The Bertz CT molecular complexity index is 525. The van der Waals surface area contributed by atoms with Gasteiger partial charge in [0.1, 0.15) is 0 Å². The van der Waals surface area contributed by atoms with Crippen molar-refractivity contribution in [2.24, 2.45) is 0 Å². The normalized spacial score (nSPS) is 20.6. The second-order valence-corrected chi connectivity index (χ2v) is 4.97. The number of nitrogens with one attached hydrogen (secondary N) is 1. The summed E-state index contributed by atoms with van der Waals surface area (Å²) in [5.41, 5.74) is 0.992. The number of hydrogen-bond donors (Lipinski definition) is 1. The Balaban J connectivity index is 1.68. The van der Waals surface area contributed by atoms with E-state index in [0.717, 1.165) is 31.7 Å². The second-order valence-electron chi connectivity index (χ2n) is 4.97.